The maximum Gasteiger partial charge on any atom is 0.222 e. The Morgan fingerprint density at radius 3 is 2.88 bits per heavy atom. The minimum atomic E-state index is 0.0328. The first-order chi connectivity index (χ1) is 7.81. The average Bonchev–Trinajstić information content (AvgIpc) is 2.39. The van der Waals surface area contributed by atoms with E-state index in [9.17, 15) is 4.79 Å². The molecule has 1 aliphatic rings. The van der Waals surface area contributed by atoms with Crippen LogP contribution in [0.5, 0.6) is 0 Å². The summed E-state index contributed by atoms with van der Waals surface area (Å²) in [6.45, 7) is 3.92. The molecule has 0 unspecified atom stereocenters. The normalized spacial score (nSPS) is 20.8. The van der Waals surface area contributed by atoms with E-state index in [1.54, 1.807) is 0 Å². The summed E-state index contributed by atoms with van der Waals surface area (Å²) in [6.07, 6.45) is 0.604. The summed E-state index contributed by atoms with van der Waals surface area (Å²) in [7, 11) is 0. The Bertz CT molecular complexity index is 350. The van der Waals surface area contributed by atoms with Crippen LogP contribution in [0, 0.1) is 0 Å². The number of hydrogen-bond donors (Lipinski definition) is 0. The van der Waals surface area contributed by atoms with E-state index < -0.39 is 0 Å². The van der Waals surface area contributed by atoms with Gasteiger partial charge in [-0.3, -0.25) is 4.79 Å². The van der Waals surface area contributed by atoms with Crippen molar-refractivity contribution in [2.24, 2.45) is 0 Å². The summed E-state index contributed by atoms with van der Waals surface area (Å²) >= 11 is 0. The van der Waals surface area contributed by atoms with E-state index in [0.717, 1.165) is 12.1 Å². The van der Waals surface area contributed by atoms with E-state index in [1.165, 1.54) is 0 Å². The fourth-order valence-corrected chi connectivity index (χ4v) is 1.97. The molecular weight excluding hydrogens is 202 g/mol. The lowest BCUT2D eigenvalue weighted by Crippen LogP contribution is -2.41. The molecule has 1 fully saturated rings. The molecule has 3 nitrogen and oxygen atoms in total. The van der Waals surface area contributed by atoms with Gasteiger partial charge in [-0.15, -0.1) is 0 Å². The molecule has 0 saturated carbocycles. The summed E-state index contributed by atoms with van der Waals surface area (Å²) in [4.78, 5) is 13.5. The molecule has 3 heteroatoms. The van der Waals surface area contributed by atoms with Crippen molar-refractivity contribution >= 4 is 5.91 Å². The molecule has 1 amide bonds. The predicted molar refractivity (Wildman–Crippen MR) is 62.0 cm³/mol. The molecule has 1 aromatic rings. The van der Waals surface area contributed by atoms with Crippen LogP contribution in [0.25, 0.3) is 0 Å². The first kappa shape index (κ1) is 11.1. The molecule has 1 aliphatic heterocycles. The van der Waals surface area contributed by atoms with Crippen molar-refractivity contribution in [1.29, 1.82) is 0 Å². The van der Waals surface area contributed by atoms with Crippen molar-refractivity contribution in [1.82, 2.24) is 4.90 Å². The van der Waals surface area contributed by atoms with Crippen molar-refractivity contribution in [3.8, 4) is 0 Å². The Kier molecular flexibility index (Phi) is 3.57. The highest BCUT2D eigenvalue weighted by atomic mass is 16.5. The van der Waals surface area contributed by atoms with Crippen molar-refractivity contribution in [2.45, 2.75) is 19.4 Å². The number of amides is 1. The van der Waals surface area contributed by atoms with Gasteiger partial charge in [0.15, 0.2) is 0 Å². The zero-order valence-electron chi connectivity index (χ0n) is 9.56. The van der Waals surface area contributed by atoms with Crippen LogP contribution in [-0.4, -0.2) is 30.5 Å². The van der Waals surface area contributed by atoms with E-state index in [2.05, 4.69) is 0 Å². The molecule has 0 bridgehead atoms. The third-order valence-corrected chi connectivity index (χ3v) is 2.89. The van der Waals surface area contributed by atoms with Gasteiger partial charge in [-0.05, 0) is 5.56 Å². The molecule has 1 heterocycles. The number of nitrogens with zero attached hydrogens (tertiary/aromatic N) is 1. The molecular formula is C13H17NO2. The zero-order chi connectivity index (χ0) is 11.4. The summed E-state index contributed by atoms with van der Waals surface area (Å²) in [5.41, 5.74) is 1.15. The maximum absolute atomic E-state index is 11.6. The Labute approximate surface area is 96.0 Å². The summed E-state index contributed by atoms with van der Waals surface area (Å²) < 4.78 is 5.70. The molecule has 1 saturated heterocycles. The number of rotatable bonds is 2. The number of carbonyl (C=O) groups excluding carboxylic acids is 1. The van der Waals surface area contributed by atoms with E-state index in [1.807, 2.05) is 42.2 Å². The van der Waals surface area contributed by atoms with E-state index >= 15 is 0 Å². The molecule has 1 aromatic carbocycles. The third-order valence-electron chi connectivity index (χ3n) is 2.89. The lowest BCUT2D eigenvalue weighted by molar-refractivity contribution is -0.138. The van der Waals surface area contributed by atoms with Gasteiger partial charge in [-0.2, -0.15) is 0 Å². The second kappa shape index (κ2) is 5.12. The van der Waals surface area contributed by atoms with Gasteiger partial charge < -0.3 is 9.64 Å². The minimum Gasteiger partial charge on any atom is -0.370 e. The SMILES string of the molecule is CCC(=O)N1CCO[C@H](c2ccccc2)C1. The minimum absolute atomic E-state index is 0.0328. The van der Waals surface area contributed by atoms with E-state index in [0.29, 0.717) is 19.6 Å². The van der Waals surface area contributed by atoms with Crippen LogP contribution in [0.1, 0.15) is 25.0 Å². The molecule has 0 N–H and O–H groups in total. The molecule has 0 radical (unpaired) electrons. The number of hydrogen-bond acceptors (Lipinski definition) is 2. The number of morpholine rings is 1. The fraction of sp³-hybridized carbons (Fsp3) is 0.462. The lowest BCUT2D eigenvalue weighted by atomic mass is 10.1. The zero-order valence-corrected chi connectivity index (χ0v) is 9.56. The van der Waals surface area contributed by atoms with Crippen molar-refractivity contribution in [2.75, 3.05) is 19.7 Å². The fourth-order valence-electron chi connectivity index (χ4n) is 1.97. The first-order valence-corrected chi connectivity index (χ1v) is 5.75. The second-order valence-electron chi connectivity index (χ2n) is 3.96. The van der Waals surface area contributed by atoms with E-state index in [4.69, 9.17) is 4.74 Å². The summed E-state index contributed by atoms with van der Waals surface area (Å²) in [5, 5.41) is 0. The smallest absolute Gasteiger partial charge is 0.222 e. The summed E-state index contributed by atoms with van der Waals surface area (Å²) in [5.74, 6) is 0.212. The number of carbonyl (C=O) groups is 1. The van der Waals surface area contributed by atoms with Crippen LogP contribution in [0.3, 0.4) is 0 Å². The van der Waals surface area contributed by atoms with Gasteiger partial charge in [0.25, 0.3) is 0 Å². The van der Waals surface area contributed by atoms with Crippen LogP contribution in [0.2, 0.25) is 0 Å². The predicted octanol–water partition coefficient (Wildman–Crippen LogP) is 2.00. The lowest BCUT2D eigenvalue weighted by Gasteiger charge is -2.33. The van der Waals surface area contributed by atoms with Gasteiger partial charge in [0.05, 0.1) is 13.2 Å². The third kappa shape index (κ3) is 2.42. The summed E-state index contributed by atoms with van der Waals surface area (Å²) in [6, 6.07) is 10.1. The monoisotopic (exact) mass is 219 g/mol. The van der Waals surface area contributed by atoms with Crippen LogP contribution >= 0.6 is 0 Å². The Hall–Kier alpha value is -1.35. The van der Waals surface area contributed by atoms with E-state index in [-0.39, 0.29) is 12.0 Å². The molecule has 1 atom stereocenters. The highest BCUT2D eigenvalue weighted by molar-refractivity contribution is 5.75. The van der Waals surface area contributed by atoms with Crippen LogP contribution in [0.15, 0.2) is 30.3 Å². The highest BCUT2D eigenvalue weighted by Crippen LogP contribution is 2.22. The topological polar surface area (TPSA) is 29.5 Å². The van der Waals surface area contributed by atoms with Crippen molar-refractivity contribution in [3.05, 3.63) is 35.9 Å². The van der Waals surface area contributed by atoms with Gasteiger partial charge >= 0.3 is 0 Å². The molecule has 16 heavy (non-hydrogen) atoms. The van der Waals surface area contributed by atoms with Crippen molar-refractivity contribution < 1.29 is 9.53 Å². The first-order valence-electron chi connectivity index (χ1n) is 5.75. The Morgan fingerprint density at radius 2 is 2.19 bits per heavy atom. The van der Waals surface area contributed by atoms with Crippen LogP contribution in [0.4, 0.5) is 0 Å². The average molecular weight is 219 g/mol. The van der Waals surface area contributed by atoms with Crippen LogP contribution < -0.4 is 0 Å². The molecule has 86 valence electrons. The molecule has 0 aliphatic carbocycles. The molecule has 0 spiro atoms. The Balaban J connectivity index is 2.05. The van der Waals surface area contributed by atoms with Gasteiger partial charge in [0.2, 0.25) is 5.91 Å². The second-order valence-corrected chi connectivity index (χ2v) is 3.96. The maximum atomic E-state index is 11.6. The van der Waals surface area contributed by atoms with Gasteiger partial charge in [0, 0.05) is 13.0 Å². The van der Waals surface area contributed by atoms with Gasteiger partial charge in [0.1, 0.15) is 6.10 Å². The Morgan fingerprint density at radius 1 is 1.44 bits per heavy atom. The number of ether oxygens (including phenoxy) is 1. The van der Waals surface area contributed by atoms with Gasteiger partial charge in [-0.1, -0.05) is 37.3 Å². The standard InChI is InChI=1S/C13H17NO2/c1-2-13(15)14-8-9-16-12(10-14)11-6-4-3-5-7-11/h3-7,12H,2,8-10H2,1H3/t12-/m0/s1. The molecule has 2 rings (SSSR count). The largest absolute Gasteiger partial charge is 0.370 e. The van der Waals surface area contributed by atoms with Crippen molar-refractivity contribution in [3.63, 3.8) is 0 Å². The highest BCUT2D eigenvalue weighted by Gasteiger charge is 2.23. The quantitative estimate of drug-likeness (QED) is 0.761. The number of benzene rings is 1. The van der Waals surface area contributed by atoms with Gasteiger partial charge in [-0.25, -0.2) is 0 Å². The van der Waals surface area contributed by atoms with Crippen LogP contribution in [-0.2, 0) is 9.53 Å². The molecule has 0 aromatic heterocycles.